The number of hydrogen-bond acceptors (Lipinski definition) is 6. The van der Waals surface area contributed by atoms with Crippen molar-refractivity contribution in [2.24, 2.45) is 10.8 Å². The van der Waals surface area contributed by atoms with Crippen LogP contribution in [0.15, 0.2) is 130 Å². The van der Waals surface area contributed by atoms with E-state index in [-0.39, 0.29) is 6.42 Å². The van der Waals surface area contributed by atoms with Crippen molar-refractivity contribution in [3.05, 3.63) is 130 Å². The Morgan fingerprint density at radius 1 is 0.750 bits per heavy atom. The molecule has 2 rings (SSSR count). The minimum Gasteiger partial charge on any atom is -0.390 e. The first-order valence-corrected chi connectivity index (χ1v) is 17.6. The lowest BCUT2D eigenvalue weighted by Gasteiger charge is -2.40. The van der Waals surface area contributed by atoms with Gasteiger partial charge in [0.1, 0.15) is 6.10 Å². The van der Waals surface area contributed by atoms with Crippen LogP contribution in [0.25, 0.3) is 0 Å². The summed E-state index contributed by atoms with van der Waals surface area (Å²) in [7, 11) is -4.73. The molecule has 0 aromatic rings. The summed E-state index contributed by atoms with van der Waals surface area (Å²) < 4.78 is 36.0. The van der Waals surface area contributed by atoms with Crippen LogP contribution in [-0.2, 0) is 19.4 Å². The Morgan fingerprint density at radius 3 is 1.67 bits per heavy atom. The van der Waals surface area contributed by atoms with E-state index in [4.69, 9.17) is 4.55 Å². The zero-order valence-corrected chi connectivity index (χ0v) is 30.9. The molecule has 3 N–H and O–H groups in total. The van der Waals surface area contributed by atoms with Gasteiger partial charge in [0.15, 0.2) is 5.78 Å². The Kier molecular flexibility index (Phi) is 14.7. The summed E-state index contributed by atoms with van der Waals surface area (Å²) in [6.07, 6.45) is 25.8. The number of carbonyl (C=O) groups excluding carboxylic acids is 1. The predicted molar refractivity (Wildman–Crippen MR) is 196 cm³/mol. The van der Waals surface area contributed by atoms with Gasteiger partial charge < -0.3 is 10.2 Å². The van der Waals surface area contributed by atoms with E-state index in [1.54, 1.807) is 6.92 Å². The van der Waals surface area contributed by atoms with Crippen molar-refractivity contribution < 1.29 is 32.2 Å². The van der Waals surface area contributed by atoms with Gasteiger partial charge in [0, 0.05) is 5.41 Å². The molecule has 0 saturated carbocycles. The highest BCUT2D eigenvalue weighted by Crippen LogP contribution is 2.42. The maximum atomic E-state index is 12.7. The summed E-state index contributed by atoms with van der Waals surface area (Å²) in [6.45, 7) is 19.5. The van der Waals surface area contributed by atoms with E-state index in [0.717, 1.165) is 39.0 Å². The first kappa shape index (κ1) is 40.8. The molecule has 0 heterocycles. The fraction of sp³-hybridized carbons (Fsp3) is 0.425. The van der Waals surface area contributed by atoms with E-state index in [1.807, 2.05) is 141 Å². The third kappa shape index (κ3) is 12.2. The lowest BCUT2D eigenvalue weighted by atomic mass is 9.69. The van der Waals surface area contributed by atoms with Crippen LogP contribution in [-0.4, -0.2) is 47.3 Å². The predicted octanol–water partition coefficient (Wildman–Crippen LogP) is 8.52. The minimum absolute atomic E-state index is 0.139. The third-order valence-electron chi connectivity index (χ3n) is 8.79. The molecule has 0 amide bonds. The number of carbonyl (C=O) groups is 1. The molecule has 8 heteroatoms. The topological polar surface area (TPSA) is 121 Å². The lowest BCUT2D eigenvalue weighted by molar-refractivity contribution is -0.124. The fourth-order valence-corrected chi connectivity index (χ4v) is 6.42. The van der Waals surface area contributed by atoms with Crippen LogP contribution in [0.2, 0.25) is 0 Å². The normalized spacial score (nSPS) is 25.4. The molecule has 0 aromatic carbocycles. The van der Waals surface area contributed by atoms with Crippen molar-refractivity contribution in [1.82, 2.24) is 0 Å². The van der Waals surface area contributed by atoms with Crippen LogP contribution in [0.4, 0.5) is 0 Å². The van der Waals surface area contributed by atoms with Gasteiger partial charge in [-0.1, -0.05) is 141 Å². The molecule has 0 fully saturated rings. The molecule has 0 spiro atoms. The second-order valence-corrected chi connectivity index (χ2v) is 15.1. The van der Waals surface area contributed by atoms with Gasteiger partial charge in [-0.3, -0.25) is 9.35 Å². The Hall–Kier alpha value is -3.40. The van der Waals surface area contributed by atoms with Crippen LogP contribution in [0.3, 0.4) is 0 Å². The van der Waals surface area contributed by atoms with Gasteiger partial charge in [-0.25, -0.2) is 4.18 Å². The summed E-state index contributed by atoms with van der Waals surface area (Å²) in [5.74, 6) is -0.448. The van der Waals surface area contributed by atoms with Gasteiger partial charge in [-0.15, -0.1) is 0 Å². The first-order valence-electron chi connectivity index (χ1n) is 16.2. The standard InChI is InChI=1S/C40H54O7S/c1-27(17-13-19-29(3)21-23-33-31(5)25-35(41)38(43)40(33,9)10)15-11-12-16-28(2)18-14-20-30(4)22-24-34-32(6)37(42)36(26-39(34,7)8)47-48(44,45)46/h11-24,35-36,38,41,43H,25-26H2,1-10H3,(H,44,45,46). The van der Waals surface area contributed by atoms with Crippen molar-refractivity contribution in [1.29, 1.82) is 0 Å². The van der Waals surface area contributed by atoms with Crippen LogP contribution >= 0.6 is 0 Å². The fourth-order valence-electron chi connectivity index (χ4n) is 5.98. The number of hydrogen-bond donors (Lipinski definition) is 3. The van der Waals surface area contributed by atoms with E-state index in [0.29, 0.717) is 12.0 Å². The van der Waals surface area contributed by atoms with E-state index in [1.165, 1.54) is 0 Å². The SMILES string of the molecule is CC(C=CC=C(C)C=CC1=C(C)C(=O)C(OS(=O)(=O)O)CC1(C)C)=CC=CC=C(C)C=CC=C(C)C=CC1=C(C)CC(O)C(O)C1(C)C. The molecule has 0 bridgehead atoms. The van der Waals surface area contributed by atoms with E-state index in [2.05, 4.69) is 10.3 Å². The monoisotopic (exact) mass is 678 g/mol. The Balaban J connectivity index is 1.97. The van der Waals surface area contributed by atoms with Gasteiger partial charge in [0.05, 0.1) is 12.2 Å². The van der Waals surface area contributed by atoms with Gasteiger partial charge in [0.2, 0.25) is 0 Å². The molecule has 7 nitrogen and oxygen atoms in total. The van der Waals surface area contributed by atoms with Crippen LogP contribution in [0, 0.1) is 10.8 Å². The lowest BCUT2D eigenvalue weighted by Crippen LogP contribution is -2.44. The highest BCUT2D eigenvalue weighted by molar-refractivity contribution is 7.80. The number of rotatable bonds is 12. The van der Waals surface area contributed by atoms with E-state index >= 15 is 0 Å². The minimum atomic E-state index is -4.73. The number of Topliss-reactive ketones (excluding diaryl/α,β-unsaturated/α-hetero) is 1. The summed E-state index contributed by atoms with van der Waals surface area (Å²) in [5.41, 5.74) is 6.59. The number of aliphatic hydroxyl groups is 2. The van der Waals surface area contributed by atoms with Crippen LogP contribution < -0.4 is 0 Å². The van der Waals surface area contributed by atoms with Gasteiger partial charge in [0.25, 0.3) is 0 Å². The van der Waals surface area contributed by atoms with Crippen molar-refractivity contribution in [2.75, 3.05) is 0 Å². The molecule has 3 unspecified atom stereocenters. The molecule has 0 saturated heterocycles. The third-order valence-corrected chi connectivity index (χ3v) is 9.27. The molecule has 0 radical (unpaired) electrons. The summed E-state index contributed by atoms with van der Waals surface area (Å²) in [5, 5.41) is 20.6. The highest BCUT2D eigenvalue weighted by Gasteiger charge is 2.41. The summed E-state index contributed by atoms with van der Waals surface area (Å²) >= 11 is 0. The molecule has 3 atom stereocenters. The Morgan fingerprint density at radius 2 is 1.19 bits per heavy atom. The second-order valence-electron chi connectivity index (χ2n) is 14.0. The van der Waals surface area contributed by atoms with Crippen molar-refractivity contribution in [3.8, 4) is 0 Å². The number of allylic oxidation sites excluding steroid dienone is 19. The molecular formula is C40H54O7S. The second kappa shape index (κ2) is 17.3. The van der Waals surface area contributed by atoms with Crippen LogP contribution in [0.1, 0.15) is 82.1 Å². The number of aliphatic hydroxyl groups excluding tert-OH is 2. The molecule has 262 valence electrons. The molecule has 48 heavy (non-hydrogen) atoms. The average Bonchev–Trinajstić information content (AvgIpc) is 2.95. The largest absolute Gasteiger partial charge is 0.398 e. The van der Waals surface area contributed by atoms with Gasteiger partial charge >= 0.3 is 10.4 Å². The van der Waals surface area contributed by atoms with Crippen molar-refractivity contribution >= 4 is 16.2 Å². The summed E-state index contributed by atoms with van der Waals surface area (Å²) in [6, 6.07) is 0. The molecule has 0 aromatic heterocycles. The molecule has 2 aliphatic rings. The quantitative estimate of drug-likeness (QED) is 0.140. The zero-order valence-electron chi connectivity index (χ0n) is 30.1. The smallest absolute Gasteiger partial charge is 0.390 e. The highest BCUT2D eigenvalue weighted by atomic mass is 32.3. The maximum Gasteiger partial charge on any atom is 0.398 e. The molecule has 0 aliphatic heterocycles. The number of ketones is 1. The van der Waals surface area contributed by atoms with E-state index in [9.17, 15) is 23.4 Å². The van der Waals surface area contributed by atoms with Gasteiger partial charge in [-0.05, 0) is 76.5 Å². The zero-order chi connectivity index (χ0) is 36.4. The van der Waals surface area contributed by atoms with E-state index < -0.39 is 45.3 Å². The van der Waals surface area contributed by atoms with Crippen molar-refractivity contribution in [3.63, 3.8) is 0 Å². The Bertz CT molecular complexity index is 1660. The molecule has 2 aliphatic carbocycles. The van der Waals surface area contributed by atoms with Crippen molar-refractivity contribution in [2.45, 2.75) is 100 Å². The average molecular weight is 679 g/mol. The first-order chi connectivity index (χ1) is 22.2. The Labute approximate surface area is 288 Å². The summed E-state index contributed by atoms with van der Waals surface area (Å²) in [4.78, 5) is 12.7. The van der Waals surface area contributed by atoms with Gasteiger partial charge in [-0.2, -0.15) is 8.42 Å². The maximum absolute atomic E-state index is 12.7. The van der Waals surface area contributed by atoms with Crippen LogP contribution in [0.5, 0.6) is 0 Å². The molecular weight excluding hydrogens is 625 g/mol.